The van der Waals surface area contributed by atoms with Crippen molar-refractivity contribution >= 4 is 5.91 Å². The zero-order valence-electron chi connectivity index (χ0n) is 17.0. The molecule has 152 valence electrons. The molecular formula is C26H26N2O2. The van der Waals surface area contributed by atoms with Gasteiger partial charge in [0.2, 0.25) is 5.91 Å². The summed E-state index contributed by atoms with van der Waals surface area (Å²) in [6.45, 7) is 2.93. The van der Waals surface area contributed by atoms with Gasteiger partial charge in [-0.25, -0.2) is 0 Å². The van der Waals surface area contributed by atoms with Crippen LogP contribution in [0.3, 0.4) is 0 Å². The number of carbonyl (C=O) groups is 1. The van der Waals surface area contributed by atoms with Crippen molar-refractivity contribution in [1.82, 2.24) is 9.80 Å². The average Bonchev–Trinajstić information content (AvgIpc) is 2.79. The second-order valence-electron chi connectivity index (χ2n) is 8.34. The number of nitrogens with zero attached hydrogens (tertiary/aromatic N) is 2. The number of phenolic OH excluding ortho intramolecular Hbond substituents is 1. The first kappa shape index (κ1) is 18.9. The molecule has 4 nitrogen and oxygen atoms in total. The molecule has 30 heavy (non-hydrogen) atoms. The van der Waals surface area contributed by atoms with Crippen LogP contribution in [-0.2, 0) is 37.3 Å². The van der Waals surface area contributed by atoms with Gasteiger partial charge >= 0.3 is 0 Å². The van der Waals surface area contributed by atoms with E-state index in [2.05, 4.69) is 53.4 Å². The number of fused-ring (bicyclic) bond motifs is 2. The molecule has 1 amide bonds. The highest BCUT2D eigenvalue weighted by molar-refractivity contribution is 5.83. The van der Waals surface area contributed by atoms with Crippen molar-refractivity contribution in [3.63, 3.8) is 0 Å². The summed E-state index contributed by atoms with van der Waals surface area (Å²) in [4.78, 5) is 18.0. The zero-order chi connectivity index (χ0) is 20.5. The van der Waals surface area contributed by atoms with E-state index in [0.717, 1.165) is 31.5 Å². The minimum Gasteiger partial charge on any atom is -0.508 e. The Kier molecular flexibility index (Phi) is 5.01. The van der Waals surface area contributed by atoms with E-state index in [9.17, 15) is 9.90 Å². The van der Waals surface area contributed by atoms with Crippen molar-refractivity contribution in [2.24, 2.45) is 0 Å². The minimum atomic E-state index is -0.168. The molecule has 1 atom stereocenters. The molecule has 0 radical (unpaired) electrons. The number of aromatic hydroxyl groups is 1. The Morgan fingerprint density at radius 1 is 0.833 bits per heavy atom. The molecule has 2 aliphatic rings. The van der Waals surface area contributed by atoms with Crippen molar-refractivity contribution < 1.29 is 9.90 Å². The summed E-state index contributed by atoms with van der Waals surface area (Å²) in [6.07, 6.45) is 1.66. The number of hydrogen-bond acceptors (Lipinski definition) is 3. The predicted octanol–water partition coefficient (Wildman–Crippen LogP) is 3.90. The molecule has 1 unspecified atom stereocenters. The quantitative estimate of drug-likeness (QED) is 0.728. The summed E-state index contributed by atoms with van der Waals surface area (Å²) in [5.74, 6) is 0.486. The van der Waals surface area contributed by atoms with Crippen molar-refractivity contribution in [2.75, 3.05) is 6.54 Å². The van der Waals surface area contributed by atoms with Crippen LogP contribution in [0.25, 0.3) is 0 Å². The van der Waals surface area contributed by atoms with E-state index < -0.39 is 0 Å². The lowest BCUT2D eigenvalue weighted by atomic mass is 9.91. The SMILES string of the molecule is O=C(C1Cc2ccccc2CN1Cc1ccc(O)cc1)N1CCc2ccccc2C1. The van der Waals surface area contributed by atoms with Gasteiger partial charge in [0.05, 0.1) is 6.04 Å². The molecule has 0 spiro atoms. The monoisotopic (exact) mass is 398 g/mol. The Morgan fingerprint density at radius 3 is 2.20 bits per heavy atom. The Hall–Kier alpha value is -3.11. The van der Waals surface area contributed by atoms with Crippen LogP contribution in [0, 0.1) is 0 Å². The van der Waals surface area contributed by atoms with Crippen molar-refractivity contribution in [2.45, 2.75) is 38.5 Å². The van der Waals surface area contributed by atoms with E-state index in [1.165, 1.54) is 22.3 Å². The minimum absolute atomic E-state index is 0.168. The highest BCUT2D eigenvalue weighted by Crippen LogP contribution is 2.28. The van der Waals surface area contributed by atoms with Gasteiger partial charge in [-0.3, -0.25) is 9.69 Å². The van der Waals surface area contributed by atoms with Crippen LogP contribution in [0.15, 0.2) is 72.8 Å². The fourth-order valence-electron chi connectivity index (χ4n) is 4.72. The van der Waals surface area contributed by atoms with E-state index in [1.807, 2.05) is 17.0 Å². The van der Waals surface area contributed by atoms with E-state index >= 15 is 0 Å². The van der Waals surface area contributed by atoms with Gasteiger partial charge in [0.25, 0.3) is 0 Å². The van der Waals surface area contributed by atoms with E-state index in [-0.39, 0.29) is 17.7 Å². The maximum atomic E-state index is 13.7. The van der Waals surface area contributed by atoms with Crippen LogP contribution < -0.4 is 0 Å². The molecule has 3 aromatic carbocycles. The lowest BCUT2D eigenvalue weighted by Crippen LogP contribution is -2.52. The molecule has 0 aromatic heterocycles. The van der Waals surface area contributed by atoms with Crippen LogP contribution in [0.1, 0.15) is 27.8 Å². The van der Waals surface area contributed by atoms with E-state index in [4.69, 9.17) is 0 Å². The third-order valence-corrected chi connectivity index (χ3v) is 6.40. The number of benzene rings is 3. The third kappa shape index (κ3) is 3.71. The van der Waals surface area contributed by atoms with Crippen LogP contribution in [0.2, 0.25) is 0 Å². The number of phenols is 1. The summed E-state index contributed by atoms with van der Waals surface area (Å²) in [5.41, 5.74) is 6.29. The molecule has 4 heteroatoms. The number of carbonyl (C=O) groups excluding carboxylic acids is 1. The van der Waals surface area contributed by atoms with Gasteiger partial charge in [-0.1, -0.05) is 60.7 Å². The first-order chi connectivity index (χ1) is 14.7. The normalized spacial score (nSPS) is 18.5. The first-order valence-corrected chi connectivity index (χ1v) is 10.6. The number of hydrogen-bond donors (Lipinski definition) is 1. The fraction of sp³-hybridized carbons (Fsp3) is 0.269. The molecule has 0 fully saturated rings. The Morgan fingerprint density at radius 2 is 1.47 bits per heavy atom. The Balaban J connectivity index is 1.41. The van der Waals surface area contributed by atoms with Crippen molar-refractivity contribution in [3.8, 4) is 5.75 Å². The van der Waals surface area contributed by atoms with Crippen LogP contribution in [-0.4, -0.2) is 33.4 Å². The van der Waals surface area contributed by atoms with Crippen molar-refractivity contribution in [3.05, 3.63) is 101 Å². The molecular weight excluding hydrogens is 372 g/mol. The van der Waals surface area contributed by atoms with Gasteiger partial charge in [-0.05, 0) is 52.8 Å². The molecule has 3 aromatic rings. The van der Waals surface area contributed by atoms with Crippen LogP contribution >= 0.6 is 0 Å². The molecule has 0 aliphatic carbocycles. The van der Waals surface area contributed by atoms with E-state index in [0.29, 0.717) is 13.1 Å². The molecule has 2 heterocycles. The highest BCUT2D eigenvalue weighted by Gasteiger charge is 2.35. The first-order valence-electron chi connectivity index (χ1n) is 10.6. The number of rotatable bonds is 3. The maximum Gasteiger partial charge on any atom is 0.240 e. The van der Waals surface area contributed by atoms with Crippen LogP contribution in [0.5, 0.6) is 5.75 Å². The largest absolute Gasteiger partial charge is 0.508 e. The predicted molar refractivity (Wildman–Crippen MR) is 117 cm³/mol. The topological polar surface area (TPSA) is 43.8 Å². The standard InChI is InChI=1S/C26H26N2O2/c29-24-11-9-19(10-12-24)16-28-18-23-8-4-2-6-21(23)15-25(28)26(30)27-14-13-20-5-1-3-7-22(20)17-27/h1-12,25,29H,13-18H2. The summed E-state index contributed by atoms with van der Waals surface area (Å²) in [7, 11) is 0. The van der Waals surface area contributed by atoms with Gasteiger partial charge in [-0.15, -0.1) is 0 Å². The zero-order valence-corrected chi connectivity index (χ0v) is 17.0. The second-order valence-corrected chi connectivity index (χ2v) is 8.34. The van der Waals surface area contributed by atoms with Gasteiger partial charge in [0.15, 0.2) is 0 Å². The smallest absolute Gasteiger partial charge is 0.240 e. The Labute approximate surface area is 177 Å². The molecule has 2 aliphatic heterocycles. The summed E-state index contributed by atoms with van der Waals surface area (Å²) >= 11 is 0. The average molecular weight is 399 g/mol. The lowest BCUT2D eigenvalue weighted by Gasteiger charge is -2.40. The van der Waals surface area contributed by atoms with Gasteiger partial charge in [-0.2, -0.15) is 0 Å². The second kappa shape index (κ2) is 7.96. The summed E-state index contributed by atoms with van der Waals surface area (Å²) in [5, 5.41) is 9.61. The van der Waals surface area contributed by atoms with Crippen molar-refractivity contribution in [1.29, 1.82) is 0 Å². The van der Waals surface area contributed by atoms with Gasteiger partial charge in [0.1, 0.15) is 5.75 Å². The fourth-order valence-corrected chi connectivity index (χ4v) is 4.72. The van der Waals surface area contributed by atoms with Crippen LogP contribution in [0.4, 0.5) is 0 Å². The maximum absolute atomic E-state index is 13.7. The molecule has 0 saturated heterocycles. The lowest BCUT2D eigenvalue weighted by molar-refractivity contribution is -0.139. The molecule has 5 rings (SSSR count). The summed E-state index contributed by atoms with van der Waals surface area (Å²) in [6, 6.07) is 24.0. The van der Waals surface area contributed by atoms with E-state index in [1.54, 1.807) is 12.1 Å². The summed E-state index contributed by atoms with van der Waals surface area (Å²) < 4.78 is 0. The third-order valence-electron chi connectivity index (χ3n) is 6.40. The molecule has 0 saturated carbocycles. The molecule has 1 N–H and O–H groups in total. The van der Waals surface area contributed by atoms with Gasteiger partial charge < -0.3 is 10.0 Å². The van der Waals surface area contributed by atoms with Gasteiger partial charge in [0, 0.05) is 26.2 Å². The Bertz CT molecular complexity index is 1060. The highest BCUT2D eigenvalue weighted by atomic mass is 16.3. The molecule has 0 bridgehead atoms. The number of amides is 1.